The number of hydrogen-bond acceptors (Lipinski definition) is 3. The maximum Gasteiger partial charge on any atom is 0.315 e. The molecule has 0 aliphatic heterocycles. The lowest BCUT2D eigenvalue weighted by Gasteiger charge is -2.21. The molecule has 0 unspecified atom stereocenters. The molecule has 4 rings (SSSR count). The fourth-order valence-corrected chi connectivity index (χ4v) is 3.93. The molecule has 2 amide bonds. The SMILES string of the molecule is O=C(NCc1ccc(-n2ccnc2)nc1)N[C@H]1C[C@@H]1C1CCCCC1. The number of urea groups is 1. The number of aromatic nitrogens is 3. The van der Waals surface area contributed by atoms with Crippen molar-refractivity contribution in [3.05, 3.63) is 42.6 Å². The number of imidazole rings is 1. The first kappa shape index (κ1) is 16.1. The van der Waals surface area contributed by atoms with Crippen LogP contribution in [-0.4, -0.2) is 26.6 Å². The van der Waals surface area contributed by atoms with Crippen molar-refractivity contribution in [2.75, 3.05) is 0 Å². The number of nitrogens with one attached hydrogen (secondary N) is 2. The fraction of sp³-hybridized carbons (Fsp3) is 0.526. The van der Waals surface area contributed by atoms with Crippen LogP contribution in [0.1, 0.15) is 44.1 Å². The molecule has 2 atom stereocenters. The van der Waals surface area contributed by atoms with E-state index in [0.717, 1.165) is 23.7 Å². The summed E-state index contributed by atoms with van der Waals surface area (Å²) in [6, 6.07) is 4.22. The number of nitrogens with zero attached hydrogens (tertiary/aromatic N) is 3. The number of carbonyl (C=O) groups excluding carboxylic acids is 1. The molecule has 2 heterocycles. The summed E-state index contributed by atoms with van der Waals surface area (Å²) in [6.07, 6.45) is 15.0. The molecule has 132 valence electrons. The van der Waals surface area contributed by atoms with Gasteiger partial charge in [-0.05, 0) is 29.9 Å². The van der Waals surface area contributed by atoms with Crippen LogP contribution in [0.25, 0.3) is 5.82 Å². The van der Waals surface area contributed by atoms with E-state index in [-0.39, 0.29) is 6.03 Å². The summed E-state index contributed by atoms with van der Waals surface area (Å²) in [4.78, 5) is 20.5. The summed E-state index contributed by atoms with van der Waals surface area (Å²) >= 11 is 0. The van der Waals surface area contributed by atoms with E-state index in [2.05, 4.69) is 20.6 Å². The molecular formula is C19H25N5O. The second-order valence-corrected chi connectivity index (χ2v) is 7.23. The zero-order valence-electron chi connectivity index (χ0n) is 14.4. The van der Waals surface area contributed by atoms with E-state index < -0.39 is 0 Å². The molecule has 2 saturated carbocycles. The highest BCUT2D eigenvalue weighted by Crippen LogP contribution is 2.44. The fourth-order valence-electron chi connectivity index (χ4n) is 3.93. The Kier molecular flexibility index (Phi) is 4.68. The van der Waals surface area contributed by atoms with Gasteiger partial charge >= 0.3 is 6.03 Å². The number of amides is 2. The third kappa shape index (κ3) is 4.00. The normalized spacial score (nSPS) is 23.2. The van der Waals surface area contributed by atoms with Crippen LogP contribution in [-0.2, 0) is 6.54 Å². The molecule has 2 aromatic heterocycles. The zero-order valence-corrected chi connectivity index (χ0v) is 14.4. The van der Waals surface area contributed by atoms with Gasteiger partial charge in [-0.2, -0.15) is 0 Å². The van der Waals surface area contributed by atoms with Crippen molar-refractivity contribution < 1.29 is 4.79 Å². The van der Waals surface area contributed by atoms with E-state index in [1.165, 1.54) is 32.1 Å². The summed E-state index contributed by atoms with van der Waals surface area (Å²) in [6.45, 7) is 0.490. The topological polar surface area (TPSA) is 71.8 Å². The predicted octanol–water partition coefficient (Wildman–Crippen LogP) is 3.04. The monoisotopic (exact) mass is 339 g/mol. The van der Waals surface area contributed by atoms with Crippen LogP contribution < -0.4 is 10.6 Å². The first-order valence-corrected chi connectivity index (χ1v) is 9.27. The van der Waals surface area contributed by atoms with Crippen LogP contribution in [0, 0.1) is 11.8 Å². The minimum atomic E-state index is -0.0676. The summed E-state index contributed by atoms with van der Waals surface area (Å²) in [7, 11) is 0. The molecule has 2 aliphatic carbocycles. The zero-order chi connectivity index (χ0) is 17.1. The van der Waals surface area contributed by atoms with E-state index in [0.29, 0.717) is 18.5 Å². The Balaban J connectivity index is 1.21. The van der Waals surface area contributed by atoms with Gasteiger partial charge in [-0.1, -0.05) is 38.2 Å². The molecule has 2 aliphatic rings. The van der Waals surface area contributed by atoms with Crippen LogP contribution in [0.2, 0.25) is 0 Å². The minimum Gasteiger partial charge on any atom is -0.335 e. The molecule has 2 fully saturated rings. The largest absolute Gasteiger partial charge is 0.335 e. The summed E-state index contributed by atoms with van der Waals surface area (Å²) in [5, 5.41) is 6.06. The van der Waals surface area contributed by atoms with E-state index in [4.69, 9.17) is 0 Å². The average Bonchev–Trinajstić information content (AvgIpc) is 3.19. The van der Waals surface area contributed by atoms with Crippen LogP contribution >= 0.6 is 0 Å². The third-order valence-electron chi connectivity index (χ3n) is 5.44. The predicted molar refractivity (Wildman–Crippen MR) is 95.2 cm³/mol. The van der Waals surface area contributed by atoms with Crippen molar-refractivity contribution >= 4 is 6.03 Å². The summed E-state index contributed by atoms with van der Waals surface area (Å²) in [5.41, 5.74) is 0.985. The van der Waals surface area contributed by atoms with E-state index in [1.807, 2.05) is 22.9 Å². The Hall–Kier alpha value is -2.37. The lowest BCUT2D eigenvalue weighted by atomic mass is 9.85. The highest BCUT2D eigenvalue weighted by molar-refractivity contribution is 5.74. The molecule has 0 bridgehead atoms. The maximum absolute atomic E-state index is 12.1. The van der Waals surface area contributed by atoms with Crippen molar-refractivity contribution in [2.45, 2.75) is 51.1 Å². The molecule has 25 heavy (non-hydrogen) atoms. The van der Waals surface area contributed by atoms with Gasteiger partial charge < -0.3 is 10.6 Å². The molecule has 0 aromatic carbocycles. The van der Waals surface area contributed by atoms with Crippen LogP contribution in [0.4, 0.5) is 4.79 Å². The van der Waals surface area contributed by atoms with Crippen molar-refractivity contribution in [3.63, 3.8) is 0 Å². The number of carbonyl (C=O) groups is 1. The van der Waals surface area contributed by atoms with Gasteiger partial charge in [0, 0.05) is 31.2 Å². The molecule has 2 N–H and O–H groups in total. The van der Waals surface area contributed by atoms with E-state index in [1.54, 1.807) is 18.7 Å². The highest BCUT2D eigenvalue weighted by atomic mass is 16.2. The standard InChI is InChI=1S/C19H25N5O/c25-19(23-17-10-16(17)15-4-2-1-3-5-15)22-12-14-6-7-18(21-11-14)24-9-8-20-13-24/h6-9,11,13,15-17H,1-5,10,12H2,(H2,22,23,25)/t16-,17+/m1/s1. The number of hydrogen-bond donors (Lipinski definition) is 2. The highest BCUT2D eigenvalue weighted by Gasteiger charge is 2.43. The first-order valence-electron chi connectivity index (χ1n) is 9.27. The van der Waals surface area contributed by atoms with Crippen molar-refractivity contribution in [1.29, 1.82) is 0 Å². The van der Waals surface area contributed by atoms with Gasteiger partial charge in [0.2, 0.25) is 0 Å². The molecule has 0 saturated heterocycles. The van der Waals surface area contributed by atoms with Gasteiger partial charge in [-0.3, -0.25) is 4.57 Å². The van der Waals surface area contributed by atoms with Crippen LogP contribution in [0.15, 0.2) is 37.1 Å². The first-order chi connectivity index (χ1) is 12.3. The van der Waals surface area contributed by atoms with E-state index in [9.17, 15) is 4.79 Å². The van der Waals surface area contributed by atoms with Crippen molar-refractivity contribution in [2.24, 2.45) is 11.8 Å². The summed E-state index contributed by atoms with van der Waals surface area (Å²) < 4.78 is 1.85. The van der Waals surface area contributed by atoms with Crippen LogP contribution in [0.3, 0.4) is 0 Å². The summed E-state index contributed by atoms with van der Waals surface area (Å²) in [5.74, 6) is 2.36. The van der Waals surface area contributed by atoms with E-state index >= 15 is 0 Å². The Morgan fingerprint density at radius 1 is 1.24 bits per heavy atom. The Bertz CT molecular complexity index is 691. The lowest BCUT2D eigenvalue weighted by molar-refractivity contribution is 0.237. The third-order valence-corrected chi connectivity index (χ3v) is 5.44. The molecule has 6 nitrogen and oxygen atoms in total. The van der Waals surface area contributed by atoms with Gasteiger partial charge in [-0.15, -0.1) is 0 Å². The Labute approximate surface area is 148 Å². The number of rotatable bonds is 5. The van der Waals surface area contributed by atoms with Gasteiger partial charge in [0.1, 0.15) is 12.1 Å². The molecule has 0 spiro atoms. The second kappa shape index (κ2) is 7.25. The number of pyridine rings is 1. The lowest BCUT2D eigenvalue weighted by Crippen LogP contribution is -2.37. The molecule has 0 radical (unpaired) electrons. The Morgan fingerprint density at radius 3 is 2.84 bits per heavy atom. The maximum atomic E-state index is 12.1. The van der Waals surface area contributed by atoms with Crippen molar-refractivity contribution in [1.82, 2.24) is 25.2 Å². The molecule has 6 heteroatoms. The van der Waals surface area contributed by atoms with Crippen molar-refractivity contribution in [3.8, 4) is 5.82 Å². The Morgan fingerprint density at radius 2 is 2.12 bits per heavy atom. The van der Waals surface area contributed by atoms with Gasteiger partial charge in [0.25, 0.3) is 0 Å². The minimum absolute atomic E-state index is 0.0676. The van der Waals surface area contributed by atoms with Gasteiger partial charge in [0.15, 0.2) is 0 Å². The quantitative estimate of drug-likeness (QED) is 0.879. The van der Waals surface area contributed by atoms with Gasteiger partial charge in [-0.25, -0.2) is 14.8 Å². The smallest absolute Gasteiger partial charge is 0.315 e. The second-order valence-electron chi connectivity index (χ2n) is 7.23. The van der Waals surface area contributed by atoms with Gasteiger partial charge in [0.05, 0.1) is 0 Å². The molecular weight excluding hydrogens is 314 g/mol. The van der Waals surface area contributed by atoms with Crippen LogP contribution in [0.5, 0.6) is 0 Å². The molecule has 2 aromatic rings. The average molecular weight is 339 g/mol.